The summed E-state index contributed by atoms with van der Waals surface area (Å²) in [5, 5.41) is 2.78. The number of benzene rings is 1. The number of nitrogens with one attached hydrogen (secondary N) is 1. The van der Waals surface area contributed by atoms with Crippen molar-refractivity contribution in [3.63, 3.8) is 0 Å². The summed E-state index contributed by atoms with van der Waals surface area (Å²) in [6.45, 7) is 2.55. The van der Waals surface area contributed by atoms with Crippen molar-refractivity contribution in [1.82, 2.24) is 5.32 Å². The van der Waals surface area contributed by atoms with Crippen molar-refractivity contribution < 1.29 is 14.3 Å². The van der Waals surface area contributed by atoms with Crippen molar-refractivity contribution in [2.24, 2.45) is 5.73 Å². The lowest BCUT2D eigenvalue weighted by Crippen LogP contribution is -2.27. The van der Waals surface area contributed by atoms with Crippen LogP contribution < -0.4 is 11.1 Å². The molecular formula is C13H21ClN2O3. The molecule has 3 N–H and O–H groups in total. The Kier molecular flexibility index (Phi) is 10.1. The van der Waals surface area contributed by atoms with Crippen LogP contribution in [0.15, 0.2) is 24.3 Å². The number of rotatable bonds is 8. The Morgan fingerprint density at radius 3 is 2.47 bits per heavy atom. The van der Waals surface area contributed by atoms with Gasteiger partial charge in [-0.3, -0.25) is 4.79 Å². The molecule has 19 heavy (non-hydrogen) atoms. The van der Waals surface area contributed by atoms with Gasteiger partial charge in [0.05, 0.1) is 19.8 Å². The average molecular weight is 289 g/mol. The minimum absolute atomic E-state index is 0. The summed E-state index contributed by atoms with van der Waals surface area (Å²) in [4.78, 5) is 11.7. The third-order valence-electron chi connectivity index (χ3n) is 2.42. The molecule has 0 fully saturated rings. The van der Waals surface area contributed by atoms with Gasteiger partial charge in [-0.05, 0) is 17.7 Å². The predicted octanol–water partition coefficient (Wildman–Crippen LogP) is 0.960. The van der Waals surface area contributed by atoms with Crippen LogP contribution in [-0.2, 0) is 16.0 Å². The van der Waals surface area contributed by atoms with Gasteiger partial charge in [-0.2, -0.15) is 0 Å². The fourth-order valence-electron chi connectivity index (χ4n) is 1.38. The minimum atomic E-state index is -0.103. The molecule has 0 saturated heterocycles. The van der Waals surface area contributed by atoms with Crippen molar-refractivity contribution in [1.29, 1.82) is 0 Å². The highest BCUT2D eigenvalue weighted by molar-refractivity contribution is 5.94. The first-order chi connectivity index (χ1) is 8.77. The number of hydrogen-bond donors (Lipinski definition) is 2. The Bertz CT molecular complexity index is 357. The maximum atomic E-state index is 11.7. The molecule has 1 aromatic carbocycles. The number of ether oxygens (including phenoxy) is 2. The van der Waals surface area contributed by atoms with Gasteiger partial charge < -0.3 is 20.5 Å². The number of methoxy groups -OCH3 is 1. The number of carbonyl (C=O) groups is 1. The number of halogens is 1. The number of amides is 1. The highest BCUT2D eigenvalue weighted by Gasteiger charge is 2.03. The number of nitrogens with two attached hydrogens (primary N) is 1. The molecule has 1 amide bonds. The summed E-state index contributed by atoms with van der Waals surface area (Å²) in [6, 6.07) is 7.24. The molecule has 0 saturated carbocycles. The molecule has 5 nitrogen and oxygen atoms in total. The lowest BCUT2D eigenvalue weighted by molar-refractivity contribution is 0.0692. The van der Waals surface area contributed by atoms with E-state index in [1.807, 2.05) is 12.1 Å². The molecular weight excluding hydrogens is 268 g/mol. The molecule has 0 radical (unpaired) electrons. The molecule has 0 heterocycles. The van der Waals surface area contributed by atoms with Gasteiger partial charge in [-0.15, -0.1) is 12.4 Å². The Labute approximate surface area is 119 Å². The second-order valence-electron chi connectivity index (χ2n) is 3.76. The van der Waals surface area contributed by atoms with Crippen molar-refractivity contribution in [2.45, 2.75) is 6.54 Å². The zero-order valence-corrected chi connectivity index (χ0v) is 11.9. The van der Waals surface area contributed by atoms with E-state index in [1.54, 1.807) is 19.2 Å². The lowest BCUT2D eigenvalue weighted by Gasteiger charge is -2.06. The van der Waals surface area contributed by atoms with E-state index in [1.165, 1.54) is 0 Å². The van der Waals surface area contributed by atoms with Gasteiger partial charge in [0.1, 0.15) is 0 Å². The second kappa shape index (κ2) is 10.8. The van der Waals surface area contributed by atoms with E-state index in [2.05, 4.69) is 5.32 Å². The van der Waals surface area contributed by atoms with Crippen LogP contribution in [0.4, 0.5) is 0 Å². The fraction of sp³-hybridized carbons (Fsp3) is 0.462. The van der Waals surface area contributed by atoms with Gasteiger partial charge in [0.15, 0.2) is 0 Å². The van der Waals surface area contributed by atoms with E-state index in [-0.39, 0.29) is 18.3 Å². The van der Waals surface area contributed by atoms with E-state index < -0.39 is 0 Å². The SMILES string of the molecule is COCCOCCNC(=O)c1ccc(CN)cc1.Cl. The maximum absolute atomic E-state index is 11.7. The largest absolute Gasteiger partial charge is 0.382 e. The molecule has 1 rings (SSSR count). The molecule has 108 valence electrons. The van der Waals surface area contributed by atoms with Crippen molar-refractivity contribution in [2.75, 3.05) is 33.5 Å². The topological polar surface area (TPSA) is 73.6 Å². The molecule has 1 aromatic rings. The Hall–Kier alpha value is -1.14. The van der Waals surface area contributed by atoms with E-state index in [0.717, 1.165) is 5.56 Å². The summed E-state index contributed by atoms with van der Waals surface area (Å²) in [5.41, 5.74) is 7.12. The number of carbonyl (C=O) groups excluding carboxylic acids is 1. The summed E-state index contributed by atoms with van der Waals surface area (Å²) in [7, 11) is 1.62. The van der Waals surface area contributed by atoms with Gasteiger partial charge in [-0.1, -0.05) is 12.1 Å². The van der Waals surface area contributed by atoms with Crippen molar-refractivity contribution >= 4 is 18.3 Å². The molecule has 0 aromatic heterocycles. The summed E-state index contributed by atoms with van der Waals surface area (Å²) in [6.07, 6.45) is 0. The molecule has 6 heteroatoms. The fourth-order valence-corrected chi connectivity index (χ4v) is 1.38. The van der Waals surface area contributed by atoms with Gasteiger partial charge in [0.25, 0.3) is 5.91 Å². The average Bonchev–Trinajstić information content (AvgIpc) is 2.42. The number of hydrogen-bond acceptors (Lipinski definition) is 4. The normalized spacial score (nSPS) is 9.79. The molecule has 0 aliphatic heterocycles. The third kappa shape index (κ3) is 7.12. The first-order valence-corrected chi connectivity index (χ1v) is 5.92. The van der Waals surface area contributed by atoms with Crippen LogP contribution in [-0.4, -0.2) is 39.4 Å². The monoisotopic (exact) mass is 288 g/mol. The van der Waals surface area contributed by atoms with Crippen molar-refractivity contribution in [3.8, 4) is 0 Å². The van der Waals surface area contributed by atoms with Crippen LogP contribution >= 0.6 is 12.4 Å². The molecule has 0 atom stereocenters. The standard InChI is InChI=1S/C13H20N2O3.ClH/c1-17-8-9-18-7-6-15-13(16)12-4-2-11(10-14)3-5-12;/h2-5H,6-10,14H2,1H3,(H,15,16);1H. The Balaban J connectivity index is 0.00000324. The molecule has 0 spiro atoms. The summed E-state index contributed by atoms with van der Waals surface area (Å²) >= 11 is 0. The molecule has 0 aliphatic rings. The van der Waals surface area contributed by atoms with E-state index in [4.69, 9.17) is 15.2 Å². The van der Waals surface area contributed by atoms with Crippen LogP contribution in [0.25, 0.3) is 0 Å². The highest BCUT2D eigenvalue weighted by Crippen LogP contribution is 2.03. The summed E-state index contributed by atoms with van der Waals surface area (Å²) in [5.74, 6) is -0.103. The molecule has 0 aliphatic carbocycles. The Morgan fingerprint density at radius 2 is 1.89 bits per heavy atom. The highest BCUT2D eigenvalue weighted by atomic mass is 35.5. The first kappa shape index (κ1) is 17.9. The lowest BCUT2D eigenvalue weighted by atomic mass is 10.1. The van der Waals surface area contributed by atoms with E-state index in [0.29, 0.717) is 38.5 Å². The van der Waals surface area contributed by atoms with Gasteiger partial charge in [0.2, 0.25) is 0 Å². The predicted molar refractivity (Wildman–Crippen MR) is 76.6 cm³/mol. The van der Waals surface area contributed by atoms with Gasteiger partial charge >= 0.3 is 0 Å². The molecule has 0 unspecified atom stereocenters. The quantitative estimate of drug-likeness (QED) is 0.699. The molecule has 0 bridgehead atoms. The first-order valence-electron chi connectivity index (χ1n) is 5.92. The maximum Gasteiger partial charge on any atom is 0.251 e. The third-order valence-corrected chi connectivity index (χ3v) is 2.42. The van der Waals surface area contributed by atoms with Crippen LogP contribution in [0, 0.1) is 0 Å². The van der Waals surface area contributed by atoms with Gasteiger partial charge in [0, 0.05) is 25.8 Å². The van der Waals surface area contributed by atoms with Gasteiger partial charge in [-0.25, -0.2) is 0 Å². The second-order valence-corrected chi connectivity index (χ2v) is 3.76. The zero-order valence-electron chi connectivity index (χ0n) is 11.1. The van der Waals surface area contributed by atoms with Crippen molar-refractivity contribution in [3.05, 3.63) is 35.4 Å². The van der Waals surface area contributed by atoms with E-state index in [9.17, 15) is 4.79 Å². The summed E-state index contributed by atoms with van der Waals surface area (Å²) < 4.78 is 10.1. The van der Waals surface area contributed by atoms with Crippen LogP contribution in [0.3, 0.4) is 0 Å². The van der Waals surface area contributed by atoms with Crippen LogP contribution in [0.5, 0.6) is 0 Å². The minimum Gasteiger partial charge on any atom is -0.382 e. The zero-order chi connectivity index (χ0) is 13.2. The van der Waals surface area contributed by atoms with E-state index >= 15 is 0 Å². The Morgan fingerprint density at radius 1 is 1.21 bits per heavy atom. The van der Waals surface area contributed by atoms with Crippen LogP contribution in [0.2, 0.25) is 0 Å². The smallest absolute Gasteiger partial charge is 0.251 e. The van der Waals surface area contributed by atoms with Crippen LogP contribution in [0.1, 0.15) is 15.9 Å².